The van der Waals surface area contributed by atoms with E-state index >= 15 is 0 Å². The van der Waals surface area contributed by atoms with Gasteiger partial charge in [0.15, 0.2) is 0 Å². The maximum absolute atomic E-state index is 6.00. The average Bonchev–Trinajstić information content (AvgIpc) is 2.39. The third-order valence-electron chi connectivity index (χ3n) is 3.65. The maximum Gasteiger partial charge on any atom is 0.143 e. The number of ether oxygens (including phenoxy) is 1. The van der Waals surface area contributed by atoms with E-state index in [2.05, 4.69) is 26.3 Å². The molecule has 1 radical (unpaired) electrons. The van der Waals surface area contributed by atoms with Crippen molar-refractivity contribution in [1.29, 1.82) is 0 Å². The summed E-state index contributed by atoms with van der Waals surface area (Å²) in [6, 6.07) is 3.97. The summed E-state index contributed by atoms with van der Waals surface area (Å²) < 4.78 is 6.00. The molecule has 0 saturated carbocycles. The van der Waals surface area contributed by atoms with E-state index in [1.54, 1.807) is 0 Å². The lowest BCUT2D eigenvalue weighted by atomic mass is 9.95. The molecule has 1 aromatic rings. The summed E-state index contributed by atoms with van der Waals surface area (Å²) in [5.74, 6) is 4.15. The van der Waals surface area contributed by atoms with Gasteiger partial charge in [-0.05, 0) is 68.2 Å². The van der Waals surface area contributed by atoms with Crippen LogP contribution < -0.4 is 4.74 Å². The second kappa shape index (κ2) is 5.43. The van der Waals surface area contributed by atoms with Crippen molar-refractivity contribution in [2.75, 3.05) is 0 Å². The van der Waals surface area contributed by atoms with E-state index in [1.165, 1.54) is 16.7 Å². The van der Waals surface area contributed by atoms with Crippen LogP contribution in [0.15, 0.2) is 47.3 Å². The highest BCUT2D eigenvalue weighted by Gasteiger charge is 2.15. The SMILES string of the molecule is C#Cc1cc(C)c(C)cc1OC1=CC(C)=C(C)[CH]C1=C. The van der Waals surface area contributed by atoms with Crippen LogP contribution in [0.1, 0.15) is 30.5 Å². The summed E-state index contributed by atoms with van der Waals surface area (Å²) in [7, 11) is 0. The summed E-state index contributed by atoms with van der Waals surface area (Å²) in [5.41, 5.74) is 6.35. The molecule has 20 heavy (non-hydrogen) atoms. The van der Waals surface area contributed by atoms with Crippen LogP contribution in [0.25, 0.3) is 0 Å². The molecule has 0 aromatic heterocycles. The monoisotopic (exact) mass is 263 g/mol. The molecule has 1 aliphatic rings. The van der Waals surface area contributed by atoms with Crippen molar-refractivity contribution in [3.05, 3.63) is 70.4 Å². The summed E-state index contributed by atoms with van der Waals surface area (Å²) in [6.45, 7) is 12.3. The molecule has 0 fully saturated rings. The zero-order valence-electron chi connectivity index (χ0n) is 12.5. The van der Waals surface area contributed by atoms with E-state index < -0.39 is 0 Å². The number of terminal acetylenes is 1. The van der Waals surface area contributed by atoms with Crippen molar-refractivity contribution < 1.29 is 4.74 Å². The average molecular weight is 263 g/mol. The first-order chi connectivity index (χ1) is 9.42. The van der Waals surface area contributed by atoms with Crippen molar-refractivity contribution >= 4 is 0 Å². The molecule has 0 atom stereocenters. The molecule has 0 saturated heterocycles. The fourth-order valence-corrected chi connectivity index (χ4v) is 2.05. The van der Waals surface area contributed by atoms with Crippen LogP contribution in [0.5, 0.6) is 5.75 Å². The topological polar surface area (TPSA) is 9.23 Å². The van der Waals surface area contributed by atoms with Crippen molar-refractivity contribution in [2.24, 2.45) is 0 Å². The Balaban J connectivity index is 2.41. The lowest BCUT2D eigenvalue weighted by Gasteiger charge is -2.20. The van der Waals surface area contributed by atoms with Gasteiger partial charge < -0.3 is 4.74 Å². The van der Waals surface area contributed by atoms with Crippen molar-refractivity contribution in [3.63, 3.8) is 0 Å². The molecule has 0 amide bonds. The molecule has 0 spiro atoms. The van der Waals surface area contributed by atoms with Crippen molar-refractivity contribution in [2.45, 2.75) is 27.7 Å². The number of benzene rings is 1. The normalized spacial score (nSPS) is 14.9. The van der Waals surface area contributed by atoms with E-state index in [9.17, 15) is 0 Å². The van der Waals surface area contributed by atoms with Crippen molar-refractivity contribution in [1.82, 2.24) is 0 Å². The van der Waals surface area contributed by atoms with Crippen LogP contribution in [0.4, 0.5) is 0 Å². The Morgan fingerprint density at radius 3 is 2.35 bits per heavy atom. The molecular formula is C19H19O. The number of rotatable bonds is 2. The minimum atomic E-state index is 0.712. The lowest BCUT2D eigenvalue weighted by molar-refractivity contribution is 0.434. The Morgan fingerprint density at radius 1 is 1.05 bits per heavy atom. The minimum absolute atomic E-state index is 0.712. The molecule has 1 heteroatoms. The first kappa shape index (κ1) is 14.2. The molecule has 2 rings (SSSR count). The number of aryl methyl sites for hydroxylation is 2. The van der Waals surface area contributed by atoms with Gasteiger partial charge in [-0.1, -0.05) is 18.1 Å². The highest BCUT2D eigenvalue weighted by atomic mass is 16.5. The minimum Gasteiger partial charge on any atom is -0.456 e. The Kier molecular flexibility index (Phi) is 3.86. The van der Waals surface area contributed by atoms with E-state index in [1.807, 2.05) is 38.5 Å². The molecule has 0 N–H and O–H groups in total. The molecule has 0 heterocycles. The highest BCUT2D eigenvalue weighted by Crippen LogP contribution is 2.31. The van der Waals surface area contributed by atoms with Gasteiger partial charge in [-0.2, -0.15) is 0 Å². The molecule has 101 valence electrons. The van der Waals surface area contributed by atoms with Gasteiger partial charge in [0.05, 0.1) is 5.56 Å². The van der Waals surface area contributed by atoms with Crippen LogP contribution in [0, 0.1) is 32.6 Å². The maximum atomic E-state index is 6.00. The highest BCUT2D eigenvalue weighted by molar-refractivity contribution is 5.54. The number of allylic oxidation sites excluding steroid dienone is 4. The number of hydrogen-bond acceptors (Lipinski definition) is 1. The van der Waals surface area contributed by atoms with Crippen LogP contribution in [0.2, 0.25) is 0 Å². The third-order valence-corrected chi connectivity index (χ3v) is 3.65. The zero-order chi connectivity index (χ0) is 14.9. The lowest BCUT2D eigenvalue weighted by Crippen LogP contribution is -2.06. The van der Waals surface area contributed by atoms with Gasteiger partial charge in [0.2, 0.25) is 0 Å². The van der Waals surface area contributed by atoms with E-state index in [0.717, 1.165) is 22.5 Å². The van der Waals surface area contributed by atoms with Crippen LogP contribution in [-0.2, 0) is 0 Å². The molecule has 1 nitrogen and oxygen atoms in total. The van der Waals surface area contributed by atoms with Gasteiger partial charge in [-0.15, -0.1) is 6.42 Å². The van der Waals surface area contributed by atoms with Crippen LogP contribution >= 0.6 is 0 Å². The Hall–Kier alpha value is -2.20. The second-order valence-electron chi connectivity index (χ2n) is 5.22. The Morgan fingerprint density at radius 2 is 1.70 bits per heavy atom. The Bertz CT molecular complexity index is 678. The van der Waals surface area contributed by atoms with Crippen LogP contribution in [-0.4, -0.2) is 0 Å². The molecule has 0 unspecified atom stereocenters. The summed E-state index contributed by atoms with van der Waals surface area (Å²) in [5, 5.41) is 0. The van der Waals surface area contributed by atoms with Gasteiger partial charge in [0, 0.05) is 6.42 Å². The third kappa shape index (κ3) is 2.70. The quantitative estimate of drug-likeness (QED) is 0.705. The van der Waals surface area contributed by atoms with Crippen molar-refractivity contribution in [3.8, 4) is 18.1 Å². The molecular weight excluding hydrogens is 244 g/mol. The summed E-state index contributed by atoms with van der Waals surface area (Å²) >= 11 is 0. The predicted octanol–water partition coefficient (Wildman–Crippen LogP) is 4.66. The second-order valence-corrected chi connectivity index (χ2v) is 5.22. The van der Waals surface area contributed by atoms with E-state index in [-0.39, 0.29) is 0 Å². The molecule has 0 aliphatic heterocycles. The smallest absolute Gasteiger partial charge is 0.143 e. The predicted molar refractivity (Wildman–Crippen MR) is 84.4 cm³/mol. The Labute approximate surface area is 121 Å². The molecule has 1 aromatic carbocycles. The first-order valence-electron chi connectivity index (χ1n) is 6.61. The van der Waals surface area contributed by atoms with Gasteiger partial charge in [0.1, 0.15) is 11.5 Å². The fraction of sp³-hybridized carbons (Fsp3) is 0.211. The van der Waals surface area contributed by atoms with Crippen LogP contribution in [0.3, 0.4) is 0 Å². The van der Waals surface area contributed by atoms with Gasteiger partial charge in [0.25, 0.3) is 0 Å². The molecule has 0 bridgehead atoms. The summed E-state index contributed by atoms with van der Waals surface area (Å²) in [6.07, 6.45) is 9.61. The standard InChI is InChI=1S/C19H19O/c1-7-17-9-13(3)15(5)11-19(17)20-18-10-14(4)12(2)8-16(18)6/h1,8-11H,6H2,2-5H3. The zero-order valence-corrected chi connectivity index (χ0v) is 12.5. The summed E-state index contributed by atoms with van der Waals surface area (Å²) in [4.78, 5) is 0. The van der Waals surface area contributed by atoms with Gasteiger partial charge >= 0.3 is 0 Å². The number of hydrogen-bond donors (Lipinski definition) is 0. The van der Waals surface area contributed by atoms with Gasteiger partial charge in [-0.25, -0.2) is 0 Å². The molecule has 1 aliphatic carbocycles. The largest absolute Gasteiger partial charge is 0.456 e. The first-order valence-corrected chi connectivity index (χ1v) is 6.61. The van der Waals surface area contributed by atoms with E-state index in [4.69, 9.17) is 11.2 Å². The van der Waals surface area contributed by atoms with Gasteiger partial charge in [-0.3, -0.25) is 0 Å². The van der Waals surface area contributed by atoms with E-state index in [0.29, 0.717) is 5.75 Å². The fourth-order valence-electron chi connectivity index (χ4n) is 2.05.